The largest absolute Gasteiger partial charge is 0.378 e. The molecule has 1 aromatic heterocycles. The van der Waals surface area contributed by atoms with Crippen molar-refractivity contribution in [2.75, 3.05) is 37.1 Å². The molecule has 112 valence electrons. The van der Waals surface area contributed by atoms with Crippen molar-refractivity contribution in [3.8, 4) is 0 Å². The van der Waals surface area contributed by atoms with Crippen LogP contribution in [0.3, 0.4) is 0 Å². The molecule has 0 unspecified atom stereocenters. The normalized spacial score (nSPS) is 15.6. The van der Waals surface area contributed by atoms with Crippen LogP contribution in [0.2, 0.25) is 0 Å². The Hall–Kier alpha value is -1.59. The van der Waals surface area contributed by atoms with Crippen LogP contribution >= 0.6 is 11.6 Å². The summed E-state index contributed by atoms with van der Waals surface area (Å²) in [5.41, 5.74) is -0.0484. The van der Waals surface area contributed by atoms with Gasteiger partial charge in [-0.2, -0.15) is 5.10 Å². The Balaban J connectivity index is 2.12. The van der Waals surface area contributed by atoms with Gasteiger partial charge in [0.25, 0.3) is 5.56 Å². The minimum atomic E-state index is -0.0484. The van der Waals surface area contributed by atoms with Gasteiger partial charge in [0.15, 0.2) is 5.82 Å². The molecule has 0 radical (unpaired) electrons. The van der Waals surface area contributed by atoms with Crippen LogP contribution in [0.25, 0.3) is 10.8 Å². The monoisotopic (exact) mass is 307 g/mol. The highest BCUT2D eigenvalue weighted by atomic mass is 35.5. The molecule has 5 nitrogen and oxygen atoms in total. The van der Waals surface area contributed by atoms with E-state index >= 15 is 0 Å². The number of benzene rings is 1. The van der Waals surface area contributed by atoms with Gasteiger partial charge < -0.3 is 9.64 Å². The van der Waals surface area contributed by atoms with Crippen LogP contribution in [-0.4, -0.2) is 42.0 Å². The molecule has 3 rings (SSSR count). The van der Waals surface area contributed by atoms with E-state index in [4.69, 9.17) is 16.3 Å². The van der Waals surface area contributed by atoms with Gasteiger partial charge in [-0.15, -0.1) is 11.6 Å². The quantitative estimate of drug-likeness (QED) is 0.809. The number of morpholine rings is 1. The number of fused-ring (bicyclic) bond motifs is 1. The second-order valence-corrected chi connectivity index (χ2v) is 5.42. The van der Waals surface area contributed by atoms with Crippen molar-refractivity contribution in [1.29, 1.82) is 0 Å². The Morgan fingerprint density at radius 3 is 2.62 bits per heavy atom. The maximum atomic E-state index is 12.5. The summed E-state index contributed by atoms with van der Waals surface area (Å²) in [6.45, 7) is 3.52. The van der Waals surface area contributed by atoms with Crippen molar-refractivity contribution < 1.29 is 4.74 Å². The number of halogens is 1. The van der Waals surface area contributed by atoms with Crippen LogP contribution in [0.5, 0.6) is 0 Å². The van der Waals surface area contributed by atoms with Crippen molar-refractivity contribution in [3.05, 3.63) is 34.6 Å². The van der Waals surface area contributed by atoms with E-state index in [-0.39, 0.29) is 5.56 Å². The van der Waals surface area contributed by atoms with Crippen molar-refractivity contribution in [3.63, 3.8) is 0 Å². The summed E-state index contributed by atoms with van der Waals surface area (Å²) in [7, 11) is 0. The number of hydrogen-bond donors (Lipinski definition) is 0. The molecular formula is C15H18ClN3O2. The molecule has 0 spiro atoms. The first-order chi connectivity index (χ1) is 10.3. The van der Waals surface area contributed by atoms with Crippen LogP contribution in [0, 0.1) is 0 Å². The van der Waals surface area contributed by atoms with Crippen LogP contribution in [-0.2, 0) is 11.3 Å². The van der Waals surface area contributed by atoms with E-state index < -0.39 is 0 Å². The van der Waals surface area contributed by atoms with Gasteiger partial charge in [0.2, 0.25) is 0 Å². The van der Waals surface area contributed by atoms with E-state index in [1.54, 1.807) is 0 Å². The van der Waals surface area contributed by atoms with E-state index in [9.17, 15) is 4.79 Å². The zero-order chi connectivity index (χ0) is 14.7. The number of rotatable bonds is 4. The number of hydrogen-bond acceptors (Lipinski definition) is 4. The molecule has 0 atom stereocenters. The van der Waals surface area contributed by atoms with Gasteiger partial charge in [-0.05, 0) is 12.5 Å². The molecule has 0 N–H and O–H groups in total. The number of anilines is 1. The van der Waals surface area contributed by atoms with Crippen LogP contribution in [0.15, 0.2) is 29.1 Å². The first-order valence-corrected chi connectivity index (χ1v) is 7.73. The first-order valence-electron chi connectivity index (χ1n) is 7.20. The third kappa shape index (κ3) is 2.89. The average Bonchev–Trinajstić information content (AvgIpc) is 2.55. The molecule has 1 fully saturated rings. The molecule has 0 amide bonds. The Morgan fingerprint density at radius 1 is 1.19 bits per heavy atom. The molecule has 0 saturated carbocycles. The van der Waals surface area contributed by atoms with Gasteiger partial charge in [0, 0.05) is 30.9 Å². The number of nitrogens with zero attached hydrogens (tertiary/aromatic N) is 3. The lowest BCUT2D eigenvalue weighted by molar-refractivity contribution is 0.122. The van der Waals surface area contributed by atoms with Crippen molar-refractivity contribution in [2.24, 2.45) is 0 Å². The lowest BCUT2D eigenvalue weighted by Gasteiger charge is -2.29. The lowest BCUT2D eigenvalue weighted by Crippen LogP contribution is -2.38. The van der Waals surface area contributed by atoms with Gasteiger partial charge in [0.1, 0.15) is 0 Å². The van der Waals surface area contributed by atoms with Crippen LogP contribution in [0.1, 0.15) is 6.42 Å². The first kappa shape index (κ1) is 14.4. The fourth-order valence-electron chi connectivity index (χ4n) is 2.59. The summed E-state index contributed by atoms with van der Waals surface area (Å²) in [4.78, 5) is 14.7. The van der Waals surface area contributed by atoms with Gasteiger partial charge in [-0.25, -0.2) is 4.68 Å². The number of alkyl halides is 1. The molecular weight excluding hydrogens is 290 g/mol. The molecule has 1 aromatic carbocycles. The van der Waals surface area contributed by atoms with E-state index in [1.807, 2.05) is 24.3 Å². The fraction of sp³-hybridized carbons (Fsp3) is 0.467. The summed E-state index contributed by atoms with van der Waals surface area (Å²) in [5, 5.41) is 6.20. The number of aryl methyl sites for hydroxylation is 1. The molecule has 6 heteroatoms. The van der Waals surface area contributed by atoms with Crippen molar-refractivity contribution in [2.45, 2.75) is 13.0 Å². The average molecular weight is 308 g/mol. The number of aromatic nitrogens is 2. The highest BCUT2D eigenvalue weighted by molar-refractivity contribution is 6.17. The molecule has 2 heterocycles. The number of ether oxygens (including phenoxy) is 1. The second-order valence-electron chi connectivity index (χ2n) is 5.04. The Kier molecular flexibility index (Phi) is 4.41. The van der Waals surface area contributed by atoms with Gasteiger partial charge in [-0.1, -0.05) is 18.2 Å². The summed E-state index contributed by atoms with van der Waals surface area (Å²) >= 11 is 5.74. The van der Waals surface area contributed by atoms with E-state index in [0.717, 1.165) is 30.7 Å². The maximum Gasteiger partial charge on any atom is 0.274 e. The van der Waals surface area contributed by atoms with Crippen LogP contribution in [0.4, 0.5) is 5.82 Å². The predicted molar refractivity (Wildman–Crippen MR) is 84.4 cm³/mol. The highest BCUT2D eigenvalue weighted by Gasteiger charge is 2.18. The third-order valence-corrected chi connectivity index (χ3v) is 3.93. The summed E-state index contributed by atoms with van der Waals surface area (Å²) < 4.78 is 6.93. The Bertz CT molecular complexity index is 680. The van der Waals surface area contributed by atoms with Crippen molar-refractivity contribution in [1.82, 2.24) is 9.78 Å². The standard InChI is InChI=1S/C15H18ClN3O2/c16-6-3-7-19-15(20)13-5-2-1-4-12(13)14(17-19)18-8-10-21-11-9-18/h1-2,4-5H,3,6-11H2. The highest BCUT2D eigenvalue weighted by Crippen LogP contribution is 2.22. The van der Waals surface area contributed by atoms with E-state index in [2.05, 4.69) is 10.00 Å². The zero-order valence-electron chi connectivity index (χ0n) is 11.8. The van der Waals surface area contributed by atoms with E-state index in [0.29, 0.717) is 31.0 Å². The summed E-state index contributed by atoms with van der Waals surface area (Å²) in [6.07, 6.45) is 0.732. The molecule has 21 heavy (non-hydrogen) atoms. The van der Waals surface area contributed by atoms with Crippen molar-refractivity contribution >= 4 is 28.2 Å². The Morgan fingerprint density at radius 2 is 1.90 bits per heavy atom. The lowest BCUT2D eigenvalue weighted by atomic mass is 10.1. The Labute approximate surface area is 128 Å². The molecule has 0 bridgehead atoms. The SMILES string of the molecule is O=c1c2ccccc2c(N2CCOCC2)nn1CCCCl. The van der Waals surface area contributed by atoms with Gasteiger partial charge in [0.05, 0.1) is 18.6 Å². The predicted octanol–water partition coefficient (Wildman–Crippen LogP) is 1.86. The summed E-state index contributed by atoms with van der Waals surface area (Å²) in [6, 6.07) is 7.65. The van der Waals surface area contributed by atoms with Crippen LogP contribution < -0.4 is 10.5 Å². The fourth-order valence-corrected chi connectivity index (χ4v) is 2.71. The second kappa shape index (κ2) is 6.45. The molecule has 0 aliphatic carbocycles. The molecule has 1 aliphatic heterocycles. The smallest absolute Gasteiger partial charge is 0.274 e. The molecule has 1 aliphatic rings. The third-order valence-electron chi connectivity index (χ3n) is 3.66. The van der Waals surface area contributed by atoms with Gasteiger partial charge in [-0.3, -0.25) is 4.79 Å². The van der Waals surface area contributed by atoms with Gasteiger partial charge >= 0.3 is 0 Å². The topological polar surface area (TPSA) is 47.4 Å². The molecule has 2 aromatic rings. The minimum Gasteiger partial charge on any atom is -0.378 e. The minimum absolute atomic E-state index is 0.0484. The van der Waals surface area contributed by atoms with E-state index in [1.165, 1.54) is 4.68 Å². The zero-order valence-corrected chi connectivity index (χ0v) is 12.6. The maximum absolute atomic E-state index is 12.5. The molecule has 1 saturated heterocycles. The summed E-state index contributed by atoms with van der Waals surface area (Å²) in [5.74, 6) is 1.39.